The Morgan fingerprint density at radius 3 is 2.79 bits per heavy atom. The number of nitrogens with one attached hydrogen (secondary N) is 1. The number of carbonyl (C=O) groups excluding carboxylic acids is 1. The first-order valence-electron chi connectivity index (χ1n) is 7.15. The number of hydrogen-bond acceptors (Lipinski definition) is 2. The van der Waals surface area contributed by atoms with Crippen molar-refractivity contribution in [3.05, 3.63) is 35.9 Å². The molecule has 1 aromatic rings. The second-order valence-corrected chi connectivity index (χ2v) is 5.38. The van der Waals surface area contributed by atoms with Crippen LogP contribution in [0.3, 0.4) is 0 Å². The molecule has 19 heavy (non-hydrogen) atoms. The molecule has 4 nitrogen and oxygen atoms in total. The number of amides is 2. The average molecular weight is 259 g/mol. The monoisotopic (exact) mass is 259 g/mol. The average Bonchev–Trinajstić information content (AvgIpc) is 2.82. The molecule has 0 aliphatic carbocycles. The minimum absolute atomic E-state index is 0.206. The summed E-state index contributed by atoms with van der Waals surface area (Å²) in [5.74, 6) is 0. The van der Waals surface area contributed by atoms with Gasteiger partial charge < -0.3 is 15.1 Å². The van der Waals surface area contributed by atoms with Crippen molar-refractivity contribution in [1.82, 2.24) is 15.1 Å². The molecule has 0 radical (unpaired) electrons. The van der Waals surface area contributed by atoms with E-state index in [2.05, 4.69) is 22.3 Å². The third kappa shape index (κ3) is 2.73. The number of piperidine rings is 1. The van der Waals surface area contributed by atoms with E-state index in [0.717, 1.165) is 39.1 Å². The van der Waals surface area contributed by atoms with Crippen LogP contribution in [-0.4, -0.2) is 48.1 Å². The van der Waals surface area contributed by atoms with E-state index in [1.807, 2.05) is 23.1 Å². The van der Waals surface area contributed by atoms with Crippen LogP contribution < -0.4 is 5.32 Å². The van der Waals surface area contributed by atoms with E-state index in [4.69, 9.17) is 0 Å². The van der Waals surface area contributed by atoms with Crippen LogP contribution in [0.25, 0.3) is 0 Å². The molecule has 2 amide bonds. The molecule has 1 aromatic carbocycles. The highest BCUT2D eigenvalue weighted by Gasteiger charge is 2.33. The maximum absolute atomic E-state index is 12.4. The molecule has 2 aliphatic heterocycles. The van der Waals surface area contributed by atoms with Gasteiger partial charge in [-0.1, -0.05) is 30.3 Å². The van der Waals surface area contributed by atoms with E-state index >= 15 is 0 Å². The molecule has 1 N–H and O–H groups in total. The normalized spacial score (nSPS) is 24.0. The highest BCUT2D eigenvalue weighted by Crippen LogP contribution is 2.19. The lowest BCUT2D eigenvalue weighted by Crippen LogP contribution is -2.47. The number of nitrogens with zero attached hydrogens (tertiary/aromatic N) is 2. The molecule has 0 bridgehead atoms. The van der Waals surface area contributed by atoms with Crippen LogP contribution in [-0.2, 0) is 6.54 Å². The maximum Gasteiger partial charge on any atom is 0.320 e. The quantitative estimate of drug-likeness (QED) is 0.896. The molecule has 0 unspecified atom stereocenters. The van der Waals surface area contributed by atoms with E-state index in [9.17, 15) is 4.79 Å². The third-order valence-corrected chi connectivity index (χ3v) is 4.05. The van der Waals surface area contributed by atoms with Gasteiger partial charge in [-0.25, -0.2) is 4.79 Å². The van der Waals surface area contributed by atoms with E-state index in [1.54, 1.807) is 0 Å². The number of rotatable bonds is 3. The third-order valence-electron chi connectivity index (χ3n) is 4.05. The van der Waals surface area contributed by atoms with Gasteiger partial charge >= 0.3 is 6.03 Å². The van der Waals surface area contributed by atoms with Crippen LogP contribution in [0.4, 0.5) is 4.79 Å². The zero-order chi connectivity index (χ0) is 13.1. The van der Waals surface area contributed by atoms with E-state index in [0.29, 0.717) is 6.04 Å². The van der Waals surface area contributed by atoms with Crippen molar-refractivity contribution in [2.75, 3.05) is 26.2 Å². The Balaban J connectivity index is 1.62. The van der Waals surface area contributed by atoms with Crippen LogP contribution in [0.5, 0.6) is 0 Å². The smallest absolute Gasteiger partial charge is 0.319 e. The molecular weight excluding hydrogens is 238 g/mol. The Morgan fingerprint density at radius 2 is 2.05 bits per heavy atom. The highest BCUT2D eigenvalue weighted by atomic mass is 16.2. The van der Waals surface area contributed by atoms with Gasteiger partial charge in [0, 0.05) is 32.2 Å². The summed E-state index contributed by atoms with van der Waals surface area (Å²) in [6.45, 7) is 4.50. The molecule has 102 valence electrons. The van der Waals surface area contributed by atoms with Gasteiger partial charge in [0.2, 0.25) is 0 Å². The van der Waals surface area contributed by atoms with Crippen LogP contribution in [0, 0.1) is 0 Å². The molecule has 0 aromatic heterocycles. The topological polar surface area (TPSA) is 35.6 Å². The molecule has 2 fully saturated rings. The molecule has 2 saturated heterocycles. The van der Waals surface area contributed by atoms with Crippen LogP contribution in [0.15, 0.2) is 30.3 Å². The number of urea groups is 1. The fourth-order valence-electron chi connectivity index (χ4n) is 2.99. The molecule has 4 heteroatoms. The van der Waals surface area contributed by atoms with Crippen LogP contribution in [0.1, 0.15) is 18.4 Å². The zero-order valence-corrected chi connectivity index (χ0v) is 11.2. The lowest BCUT2D eigenvalue weighted by atomic mass is 10.1. The maximum atomic E-state index is 12.4. The summed E-state index contributed by atoms with van der Waals surface area (Å²) in [6, 6.07) is 10.8. The summed E-state index contributed by atoms with van der Waals surface area (Å²) in [7, 11) is 0. The number of hydrogen-bond donors (Lipinski definition) is 1. The first-order chi connectivity index (χ1) is 9.34. The highest BCUT2D eigenvalue weighted by molar-refractivity contribution is 5.77. The van der Waals surface area contributed by atoms with Crippen molar-refractivity contribution in [2.24, 2.45) is 0 Å². The fraction of sp³-hybridized carbons (Fsp3) is 0.533. The van der Waals surface area contributed by atoms with Crippen molar-refractivity contribution >= 4 is 6.03 Å². The van der Waals surface area contributed by atoms with Crippen molar-refractivity contribution in [2.45, 2.75) is 25.4 Å². The molecule has 3 rings (SSSR count). The molecule has 0 spiro atoms. The summed E-state index contributed by atoms with van der Waals surface area (Å²) in [5, 5.41) is 3.38. The summed E-state index contributed by atoms with van der Waals surface area (Å²) in [5.41, 5.74) is 1.21. The van der Waals surface area contributed by atoms with E-state index in [-0.39, 0.29) is 6.03 Å². The van der Waals surface area contributed by atoms with Gasteiger partial charge in [0.1, 0.15) is 0 Å². The predicted molar refractivity (Wildman–Crippen MR) is 74.8 cm³/mol. The Labute approximate surface area is 114 Å². The van der Waals surface area contributed by atoms with Crippen molar-refractivity contribution in [3.63, 3.8) is 0 Å². The number of carbonyl (C=O) groups is 1. The molecule has 1 atom stereocenters. The van der Waals surface area contributed by atoms with E-state index < -0.39 is 0 Å². The minimum Gasteiger partial charge on any atom is -0.319 e. The van der Waals surface area contributed by atoms with Gasteiger partial charge in [-0.2, -0.15) is 0 Å². The van der Waals surface area contributed by atoms with E-state index in [1.165, 1.54) is 12.0 Å². The summed E-state index contributed by atoms with van der Waals surface area (Å²) >= 11 is 0. The lowest BCUT2D eigenvalue weighted by Gasteiger charge is -2.31. The largest absolute Gasteiger partial charge is 0.320 e. The fourth-order valence-corrected chi connectivity index (χ4v) is 2.99. The predicted octanol–water partition coefficient (Wildman–Crippen LogP) is 1.68. The summed E-state index contributed by atoms with van der Waals surface area (Å²) in [4.78, 5) is 16.4. The molecular formula is C15H21N3O. The van der Waals surface area contributed by atoms with Gasteiger partial charge in [0.05, 0.1) is 0 Å². The van der Waals surface area contributed by atoms with Crippen LogP contribution >= 0.6 is 0 Å². The molecule has 2 heterocycles. The second kappa shape index (κ2) is 5.61. The Hall–Kier alpha value is -1.55. The zero-order valence-electron chi connectivity index (χ0n) is 11.2. The summed E-state index contributed by atoms with van der Waals surface area (Å²) in [6.07, 6.45) is 2.31. The Kier molecular flexibility index (Phi) is 3.69. The van der Waals surface area contributed by atoms with Crippen molar-refractivity contribution in [3.8, 4) is 0 Å². The summed E-state index contributed by atoms with van der Waals surface area (Å²) < 4.78 is 0. The number of benzene rings is 1. The van der Waals surface area contributed by atoms with Gasteiger partial charge in [-0.15, -0.1) is 0 Å². The molecule has 0 saturated carbocycles. The van der Waals surface area contributed by atoms with Gasteiger partial charge in [-0.05, 0) is 24.9 Å². The van der Waals surface area contributed by atoms with Crippen molar-refractivity contribution in [1.29, 1.82) is 0 Å². The van der Waals surface area contributed by atoms with Crippen LogP contribution in [0.2, 0.25) is 0 Å². The van der Waals surface area contributed by atoms with Crippen molar-refractivity contribution < 1.29 is 4.79 Å². The SMILES string of the molecule is O=C1N(Cc2ccccc2)CCN1[C@@H]1CCCNC1. The lowest BCUT2D eigenvalue weighted by molar-refractivity contribution is 0.166. The molecule has 2 aliphatic rings. The standard InChI is InChI=1S/C15H21N3O/c19-15-17(12-13-5-2-1-3-6-13)9-10-18(15)14-7-4-8-16-11-14/h1-3,5-6,14,16H,4,7-12H2/t14-/m1/s1. The Morgan fingerprint density at radius 1 is 1.21 bits per heavy atom. The Bertz CT molecular complexity index is 428. The first kappa shape index (κ1) is 12.5. The van der Waals surface area contributed by atoms with Gasteiger partial charge in [0.25, 0.3) is 0 Å². The van der Waals surface area contributed by atoms with Gasteiger partial charge in [0.15, 0.2) is 0 Å². The van der Waals surface area contributed by atoms with Gasteiger partial charge in [-0.3, -0.25) is 0 Å². The minimum atomic E-state index is 0.206. The first-order valence-corrected chi connectivity index (χ1v) is 7.15. The second-order valence-electron chi connectivity index (χ2n) is 5.38.